The van der Waals surface area contributed by atoms with Crippen molar-refractivity contribution in [3.8, 4) is 5.75 Å². The van der Waals surface area contributed by atoms with E-state index in [-0.39, 0.29) is 0 Å². The van der Waals surface area contributed by atoms with Gasteiger partial charge < -0.3 is 4.74 Å². The third-order valence-electron chi connectivity index (χ3n) is 2.00. The molecule has 0 aliphatic rings. The summed E-state index contributed by atoms with van der Waals surface area (Å²) in [5.41, 5.74) is 3.96. The fraction of sp³-hybridized carbons (Fsp3) is 0.182. The quantitative estimate of drug-likeness (QED) is 0.855. The Balaban J connectivity index is 2.02. The number of nitrogens with zero attached hydrogens (tertiary/aromatic N) is 1. The average molecular weight is 284 g/mol. The van der Waals surface area contributed by atoms with E-state index in [1.807, 2.05) is 36.0 Å². The number of benzene rings is 1. The first-order valence-corrected chi connectivity index (χ1v) is 6.25. The van der Waals surface area contributed by atoms with Gasteiger partial charge in [-0.3, -0.25) is 0 Å². The summed E-state index contributed by atoms with van der Waals surface area (Å²) in [6.45, 7) is 2.57. The van der Waals surface area contributed by atoms with Crippen LogP contribution in [0.1, 0.15) is 11.3 Å². The topological polar surface area (TPSA) is 22.1 Å². The van der Waals surface area contributed by atoms with Gasteiger partial charge in [-0.05, 0) is 30.7 Å². The van der Waals surface area contributed by atoms with Crippen molar-refractivity contribution in [3.05, 3.63) is 44.8 Å². The van der Waals surface area contributed by atoms with Gasteiger partial charge in [0.1, 0.15) is 12.4 Å². The van der Waals surface area contributed by atoms with Crippen LogP contribution < -0.4 is 4.74 Å². The number of hydrogen-bond donors (Lipinski definition) is 0. The third kappa shape index (κ3) is 2.79. The lowest BCUT2D eigenvalue weighted by molar-refractivity contribution is 0.302. The first kappa shape index (κ1) is 10.6. The minimum Gasteiger partial charge on any atom is -0.487 e. The zero-order valence-electron chi connectivity index (χ0n) is 8.24. The number of aryl methyl sites for hydroxylation is 1. The molecule has 78 valence electrons. The fourth-order valence-corrected chi connectivity index (χ4v) is 1.96. The van der Waals surface area contributed by atoms with Gasteiger partial charge in [-0.25, -0.2) is 4.98 Å². The van der Waals surface area contributed by atoms with E-state index in [0.29, 0.717) is 6.61 Å². The minimum absolute atomic E-state index is 0.532. The monoisotopic (exact) mass is 283 g/mol. The summed E-state index contributed by atoms with van der Waals surface area (Å²) in [5.74, 6) is 0.878. The van der Waals surface area contributed by atoms with Crippen molar-refractivity contribution in [2.24, 2.45) is 0 Å². The molecule has 0 spiro atoms. The molecule has 0 saturated heterocycles. The Morgan fingerprint density at radius 3 is 3.00 bits per heavy atom. The van der Waals surface area contributed by atoms with Crippen molar-refractivity contribution in [1.29, 1.82) is 0 Å². The number of hydrogen-bond acceptors (Lipinski definition) is 3. The molecular formula is C11H10BrNOS. The Hall–Kier alpha value is -0.870. The molecule has 2 rings (SSSR count). The van der Waals surface area contributed by atoms with Gasteiger partial charge in [-0.15, -0.1) is 11.3 Å². The van der Waals surface area contributed by atoms with Gasteiger partial charge in [0.15, 0.2) is 0 Å². The van der Waals surface area contributed by atoms with Crippen molar-refractivity contribution < 1.29 is 4.74 Å². The summed E-state index contributed by atoms with van der Waals surface area (Å²) in [5, 5.41) is 1.99. The first-order chi connectivity index (χ1) is 7.25. The van der Waals surface area contributed by atoms with Crippen LogP contribution in [0, 0.1) is 6.92 Å². The van der Waals surface area contributed by atoms with Crippen molar-refractivity contribution in [2.45, 2.75) is 13.5 Å². The van der Waals surface area contributed by atoms with E-state index in [1.54, 1.807) is 11.3 Å². The summed E-state index contributed by atoms with van der Waals surface area (Å²) in [7, 11) is 0. The van der Waals surface area contributed by atoms with Crippen LogP contribution in [0.4, 0.5) is 0 Å². The Morgan fingerprint density at radius 2 is 2.33 bits per heavy atom. The van der Waals surface area contributed by atoms with E-state index >= 15 is 0 Å². The van der Waals surface area contributed by atoms with Crippen LogP contribution in [-0.2, 0) is 6.61 Å². The molecule has 0 fully saturated rings. The SMILES string of the molecule is Cc1cc(OCc2cscn2)ccc1Br. The normalized spacial score (nSPS) is 10.3. The lowest BCUT2D eigenvalue weighted by atomic mass is 10.2. The summed E-state index contributed by atoms with van der Waals surface area (Å²) >= 11 is 5.03. The Labute approximate surface area is 101 Å². The molecule has 0 unspecified atom stereocenters. The average Bonchev–Trinajstić information content (AvgIpc) is 2.73. The maximum atomic E-state index is 5.61. The largest absolute Gasteiger partial charge is 0.487 e. The third-order valence-corrected chi connectivity index (χ3v) is 3.52. The highest BCUT2D eigenvalue weighted by molar-refractivity contribution is 9.10. The van der Waals surface area contributed by atoms with E-state index in [1.165, 1.54) is 5.56 Å². The maximum absolute atomic E-state index is 5.61. The molecule has 0 amide bonds. The lowest BCUT2D eigenvalue weighted by Crippen LogP contribution is -1.95. The highest BCUT2D eigenvalue weighted by Gasteiger charge is 1.99. The molecular weight excluding hydrogens is 274 g/mol. The van der Waals surface area contributed by atoms with Gasteiger partial charge in [0.25, 0.3) is 0 Å². The van der Waals surface area contributed by atoms with Crippen LogP contribution >= 0.6 is 27.3 Å². The molecule has 0 aliphatic carbocycles. The van der Waals surface area contributed by atoms with E-state index in [2.05, 4.69) is 20.9 Å². The zero-order chi connectivity index (χ0) is 10.7. The van der Waals surface area contributed by atoms with E-state index in [9.17, 15) is 0 Å². The molecule has 0 N–H and O–H groups in total. The van der Waals surface area contributed by atoms with Crippen LogP contribution in [0.2, 0.25) is 0 Å². The number of ether oxygens (including phenoxy) is 1. The van der Waals surface area contributed by atoms with Crippen LogP contribution in [0.25, 0.3) is 0 Å². The summed E-state index contributed by atoms with van der Waals surface area (Å²) in [6.07, 6.45) is 0. The summed E-state index contributed by atoms with van der Waals surface area (Å²) in [6, 6.07) is 5.95. The molecule has 1 aromatic carbocycles. The van der Waals surface area contributed by atoms with Gasteiger partial charge in [0.05, 0.1) is 11.2 Å². The predicted molar refractivity (Wildman–Crippen MR) is 65.3 cm³/mol. The number of aromatic nitrogens is 1. The number of rotatable bonds is 3. The second-order valence-electron chi connectivity index (χ2n) is 3.18. The van der Waals surface area contributed by atoms with Crippen LogP contribution in [-0.4, -0.2) is 4.98 Å². The second-order valence-corrected chi connectivity index (χ2v) is 4.75. The van der Waals surface area contributed by atoms with Crippen molar-refractivity contribution in [2.75, 3.05) is 0 Å². The predicted octanol–water partition coefficient (Wildman–Crippen LogP) is 3.79. The molecule has 0 aliphatic heterocycles. The molecule has 15 heavy (non-hydrogen) atoms. The molecule has 1 aromatic heterocycles. The Morgan fingerprint density at radius 1 is 1.47 bits per heavy atom. The molecule has 2 nitrogen and oxygen atoms in total. The van der Waals surface area contributed by atoms with Crippen LogP contribution in [0.5, 0.6) is 5.75 Å². The lowest BCUT2D eigenvalue weighted by Gasteiger charge is -2.05. The standard InChI is InChI=1S/C11H10BrNOS/c1-8-4-10(2-3-11(8)12)14-5-9-6-15-7-13-9/h2-4,6-7H,5H2,1H3. The highest BCUT2D eigenvalue weighted by atomic mass is 79.9. The van der Waals surface area contributed by atoms with Gasteiger partial charge in [-0.2, -0.15) is 0 Å². The summed E-state index contributed by atoms with van der Waals surface area (Å²) < 4.78 is 6.71. The van der Waals surface area contributed by atoms with Gasteiger partial charge in [0.2, 0.25) is 0 Å². The Kier molecular flexibility index (Phi) is 3.38. The second kappa shape index (κ2) is 4.77. The maximum Gasteiger partial charge on any atom is 0.131 e. The molecule has 4 heteroatoms. The molecule has 0 radical (unpaired) electrons. The smallest absolute Gasteiger partial charge is 0.131 e. The Bertz CT molecular complexity index is 442. The zero-order valence-corrected chi connectivity index (χ0v) is 10.6. The van der Waals surface area contributed by atoms with Crippen molar-refractivity contribution in [1.82, 2.24) is 4.98 Å². The molecule has 0 bridgehead atoms. The fourth-order valence-electron chi connectivity index (χ4n) is 1.17. The van der Waals surface area contributed by atoms with Crippen molar-refractivity contribution >= 4 is 27.3 Å². The highest BCUT2D eigenvalue weighted by Crippen LogP contribution is 2.22. The number of thiazole rings is 1. The molecule has 2 aromatic rings. The van der Waals surface area contributed by atoms with E-state index in [4.69, 9.17) is 4.74 Å². The minimum atomic E-state index is 0.532. The molecule has 1 heterocycles. The van der Waals surface area contributed by atoms with Crippen LogP contribution in [0.3, 0.4) is 0 Å². The van der Waals surface area contributed by atoms with Crippen LogP contribution in [0.15, 0.2) is 33.6 Å². The van der Waals surface area contributed by atoms with Gasteiger partial charge in [-0.1, -0.05) is 15.9 Å². The molecule has 0 atom stereocenters. The molecule has 0 saturated carbocycles. The van der Waals surface area contributed by atoms with Gasteiger partial charge >= 0.3 is 0 Å². The summed E-state index contributed by atoms with van der Waals surface area (Å²) in [4.78, 5) is 4.16. The van der Waals surface area contributed by atoms with Gasteiger partial charge in [0, 0.05) is 9.85 Å². The first-order valence-electron chi connectivity index (χ1n) is 4.52. The van der Waals surface area contributed by atoms with Crippen molar-refractivity contribution in [3.63, 3.8) is 0 Å². The van der Waals surface area contributed by atoms with E-state index in [0.717, 1.165) is 15.9 Å². The number of halogens is 1. The van der Waals surface area contributed by atoms with E-state index < -0.39 is 0 Å².